The predicted molar refractivity (Wildman–Crippen MR) is 126 cm³/mol. The molecule has 1 aliphatic rings. The molecule has 1 aromatic carbocycles. The maximum absolute atomic E-state index is 13.5. The smallest absolute Gasteiger partial charge is 0.169 e. The largest absolute Gasteiger partial charge is 0.494 e. The van der Waals surface area contributed by atoms with Gasteiger partial charge in [0.05, 0.1) is 51.7 Å². The summed E-state index contributed by atoms with van der Waals surface area (Å²) in [7, 11) is -0.798. The third kappa shape index (κ3) is 5.18. The van der Waals surface area contributed by atoms with Gasteiger partial charge in [0, 0.05) is 5.92 Å². The first-order valence-corrected chi connectivity index (χ1v) is 13.0. The second-order valence-corrected chi connectivity index (χ2v) is 10.7. The lowest BCUT2D eigenvalue weighted by atomic mass is 10.1. The number of hydrogen-bond donors (Lipinski definition) is 0. The van der Waals surface area contributed by atoms with Gasteiger partial charge in [0.25, 0.3) is 0 Å². The summed E-state index contributed by atoms with van der Waals surface area (Å²) in [6.07, 6.45) is 1.46. The van der Waals surface area contributed by atoms with Crippen LogP contribution in [0.5, 0.6) is 11.5 Å². The molecule has 0 radical (unpaired) electrons. The van der Waals surface area contributed by atoms with Crippen LogP contribution in [0.4, 0.5) is 4.39 Å². The summed E-state index contributed by atoms with van der Waals surface area (Å²) >= 11 is 0. The van der Waals surface area contributed by atoms with E-state index in [-0.39, 0.29) is 18.3 Å². The standard InChI is InChI=1S/C23H28FN5O6S/c1-14(22-25-10-16(24)11-26-22)15(2)36(30,31)13-20-27-28-23(19-12-34-8-9-35-19)29(20)21-17(32-3)6-5-7-18(21)33-4/h5-7,10-11,14-15,19H,8-9,12-13H2,1-4H3/t14-,15-,19-/m0/s1. The number of para-hydroxylation sites is 1. The van der Waals surface area contributed by atoms with Crippen LogP contribution in [0.15, 0.2) is 30.6 Å². The van der Waals surface area contributed by atoms with Crippen molar-refractivity contribution in [2.45, 2.75) is 36.9 Å². The Morgan fingerprint density at radius 2 is 1.78 bits per heavy atom. The first kappa shape index (κ1) is 25.9. The van der Waals surface area contributed by atoms with E-state index in [0.717, 1.165) is 12.4 Å². The van der Waals surface area contributed by atoms with Crippen LogP contribution < -0.4 is 9.47 Å². The topological polar surface area (TPSA) is 128 Å². The molecule has 194 valence electrons. The van der Waals surface area contributed by atoms with Crippen molar-refractivity contribution in [2.75, 3.05) is 34.0 Å². The van der Waals surface area contributed by atoms with E-state index in [1.807, 2.05) is 0 Å². The van der Waals surface area contributed by atoms with E-state index in [1.165, 1.54) is 14.2 Å². The van der Waals surface area contributed by atoms with Gasteiger partial charge in [-0.3, -0.25) is 4.57 Å². The molecule has 1 saturated heterocycles. The Hall–Kier alpha value is -3.16. The zero-order valence-electron chi connectivity index (χ0n) is 20.4. The molecular weight excluding hydrogens is 493 g/mol. The minimum atomic E-state index is -3.81. The molecule has 0 N–H and O–H groups in total. The Morgan fingerprint density at radius 1 is 1.11 bits per heavy atom. The number of nitrogens with zero attached hydrogens (tertiary/aromatic N) is 5. The highest BCUT2D eigenvalue weighted by Gasteiger charge is 2.34. The molecule has 3 aromatic rings. The van der Waals surface area contributed by atoms with Crippen LogP contribution in [0.1, 0.15) is 43.3 Å². The van der Waals surface area contributed by atoms with Gasteiger partial charge in [0.2, 0.25) is 0 Å². The first-order valence-electron chi connectivity index (χ1n) is 11.3. The summed E-state index contributed by atoms with van der Waals surface area (Å²) in [4.78, 5) is 7.90. The zero-order valence-corrected chi connectivity index (χ0v) is 21.2. The van der Waals surface area contributed by atoms with E-state index >= 15 is 0 Å². The minimum Gasteiger partial charge on any atom is -0.494 e. The minimum absolute atomic E-state index is 0.154. The fraction of sp³-hybridized carbons (Fsp3) is 0.478. The Labute approximate surface area is 208 Å². The van der Waals surface area contributed by atoms with Crippen molar-refractivity contribution >= 4 is 9.84 Å². The predicted octanol–water partition coefficient (Wildman–Crippen LogP) is 2.41. The third-order valence-corrected chi connectivity index (χ3v) is 8.33. The zero-order chi connectivity index (χ0) is 25.9. The lowest BCUT2D eigenvalue weighted by Gasteiger charge is -2.25. The number of aromatic nitrogens is 5. The molecule has 1 fully saturated rings. The van der Waals surface area contributed by atoms with Crippen molar-refractivity contribution in [1.29, 1.82) is 0 Å². The molecule has 0 amide bonds. The highest BCUT2D eigenvalue weighted by Crippen LogP contribution is 2.37. The lowest BCUT2D eigenvalue weighted by Crippen LogP contribution is -2.28. The van der Waals surface area contributed by atoms with Gasteiger partial charge in [-0.15, -0.1) is 10.2 Å². The summed E-state index contributed by atoms with van der Waals surface area (Å²) < 4.78 is 64.4. The van der Waals surface area contributed by atoms with Gasteiger partial charge in [-0.2, -0.15) is 0 Å². The third-order valence-electron chi connectivity index (χ3n) is 6.13. The number of hydrogen-bond acceptors (Lipinski definition) is 10. The van der Waals surface area contributed by atoms with Crippen LogP contribution in [-0.4, -0.2) is 72.4 Å². The second kappa shape index (κ2) is 10.8. The van der Waals surface area contributed by atoms with Crippen molar-refractivity contribution in [3.63, 3.8) is 0 Å². The highest BCUT2D eigenvalue weighted by atomic mass is 32.2. The molecule has 0 aliphatic carbocycles. The van der Waals surface area contributed by atoms with Crippen LogP contribution in [-0.2, 0) is 25.1 Å². The molecule has 11 nitrogen and oxygen atoms in total. The van der Waals surface area contributed by atoms with Gasteiger partial charge in [-0.1, -0.05) is 13.0 Å². The second-order valence-electron chi connectivity index (χ2n) is 8.32. The summed E-state index contributed by atoms with van der Waals surface area (Å²) in [6.45, 7) is 4.29. The summed E-state index contributed by atoms with van der Waals surface area (Å²) in [5.41, 5.74) is 0.449. The van der Waals surface area contributed by atoms with Crippen molar-refractivity contribution in [2.24, 2.45) is 0 Å². The molecule has 0 spiro atoms. The number of benzene rings is 1. The Kier molecular flexibility index (Phi) is 7.81. The van der Waals surface area contributed by atoms with E-state index < -0.39 is 38.7 Å². The van der Waals surface area contributed by atoms with Gasteiger partial charge in [0.15, 0.2) is 27.3 Å². The average Bonchev–Trinajstić information content (AvgIpc) is 3.30. The molecule has 0 bridgehead atoms. The van der Waals surface area contributed by atoms with E-state index in [2.05, 4.69) is 20.2 Å². The molecule has 13 heteroatoms. The van der Waals surface area contributed by atoms with E-state index in [1.54, 1.807) is 36.6 Å². The molecule has 0 saturated carbocycles. The SMILES string of the molecule is COc1cccc(OC)c1-n1c(CS(=O)(=O)[C@@H](C)[C@H](C)c2ncc(F)cn2)nnc1[C@@H]1COCCO1. The molecule has 4 rings (SSSR count). The van der Waals surface area contributed by atoms with Crippen molar-refractivity contribution in [3.05, 3.63) is 53.9 Å². The van der Waals surface area contributed by atoms with E-state index in [9.17, 15) is 12.8 Å². The highest BCUT2D eigenvalue weighted by molar-refractivity contribution is 7.91. The number of rotatable bonds is 9. The van der Waals surface area contributed by atoms with Crippen molar-refractivity contribution < 1.29 is 31.8 Å². The van der Waals surface area contributed by atoms with Gasteiger partial charge >= 0.3 is 0 Å². The van der Waals surface area contributed by atoms with Crippen LogP contribution in [0.3, 0.4) is 0 Å². The normalized spacial score (nSPS) is 18.0. The number of sulfone groups is 1. The Bertz CT molecular complexity index is 1270. The number of halogens is 1. The van der Waals surface area contributed by atoms with Crippen LogP contribution in [0, 0.1) is 5.82 Å². The van der Waals surface area contributed by atoms with Gasteiger partial charge in [0.1, 0.15) is 34.9 Å². The molecule has 1 aliphatic heterocycles. The van der Waals surface area contributed by atoms with E-state index in [0.29, 0.717) is 36.2 Å². The average molecular weight is 522 g/mol. The monoisotopic (exact) mass is 521 g/mol. The van der Waals surface area contributed by atoms with Crippen LogP contribution >= 0.6 is 0 Å². The van der Waals surface area contributed by atoms with E-state index in [4.69, 9.17) is 18.9 Å². The molecule has 36 heavy (non-hydrogen) atoms. The molecule has 0 unspecified atom stereocenters. The van der Waals surface area contributed by atoms with Crippen LogP contribution in [0.2, 0.25) is 0 Å². The first-order chi connectivity index (χ1) is 17.3. The van der Waals surface area contributed by atoms with Gasteiger partial charge < -0.3 is 18.9 Å². The number of ether oxygens (including phenoxy) is 4. The fourth-order valence-corrected chi connectivity index (χ4v) is 5.51. The quantitative estimate of drug-likeness (QED) is 0.414. The summed E-state index contributed by atoms with van der Waals surface area (Å²) in [5.74, 6) is -0.00966. The molecule has 2 aromatic heterocycles. The van der Waals surface area contributed by atoms with Gasteiger partial charge in [-0.25, -0.2) is 22.8 Å². The summed E-state index contributed by atoms with van der Waals surface area (Å²) in [5, 5.41) is 7.63. The van der Waals surface area contributed by atoms with Crippen molar-refractivity contribution in [3.8, 4) is 17.2 Å². The van der Waals surface area contributed by atoms with Crippen molar-refractivity contribution in [1.82, 2.24) is 24.7 Å². The fourth-order valence-electron chi connectivity index (χ4n) is 3.95. The summed E-state index contributed by atoms with van der Waals surface area (Å²) in [6, 6.07) is 5.22. The Morgan fingerprint density at radius 3 is 2.36 bits per heavy atom. The van der Waals surface area contributed by atoms with Crippen LogP contribution in [0.25, 0.3) is 5.69 Å². The van der Waals surface area contributed by atoms with Gasteiger partial charge in [-0.05, 0) is 19.1 Å². The Balaban J connectivity index is 1.77. The maximum atomic E-state index is 13.5. The molecule has 3 heterocycles. The molecule has 3 atom stereocenters. The number of methoxy groups -OCH3 is 2. The lowest BCUT2D eigenvalue weighted by molar-refractivity contribution is -0.0942. The maximum Gasteiger partial charge on any atom is 0.169 e. The molecular formula is C23H28FN5O6S.